The van der Waals surface area contributed by atoms with E-state index in [1.54, 1.807) is 9.82 Å². The van der Waals surface area contributed by atoms with E-state index < -0.39 is 0 Å². The zero-order valence-electron chi connectivity index (χ0n) is 8.59. The molecule has 0 amide bonds. The summed E-state index contributed by atoms with van der Waals surface area (Å²) in [6.45, 7) is 3.45. The summed E-state index contributed by atoms with van der Waals surface area (Å²) in [7, 11) is 4.26. The number of nitrogens with zero attached hydrogens (tertiary/aromatic N) is 1. The molecule has 0 N–H and O–H groups in total. The molecule has 1 aliphatic rings. The molecule has 1 aliphatic carbocycles. The van der Waals surface area contributed by atoms with Crippen molar-refractivity contribution >= 4 is 17.7 Å². The minimum atomic E-state index is 0.679. The van der Waals surface area contributed by atoms with E-state index >= 15 is 0 Å². The summed E-state index contributed by atoms with van der Waals surface area (Å²) in [6, 6.07) is 0. The Kier molecular flexibility index (Phi) is 3.65. The van der Waals surface area contributed by atoms with E-state index in [4.69, 9.17) is 0 Å². The summed E-state index contributed by atoms with van der Waals surface area (Å²) in [4.78, 5) is 2.25. The molecule has 2 heteroatoms. The SMILES string of the molecule is [Li][C]1=C(C(C)CN(C)C)C=CC1. The monoisotopic (exact) mass is 157 g/mol. The Morgan fingerprint density at radius 3 is 2.67 bits per heavy atom. The molecule has 1 unspecified atom stereocenters. The van der Waals surface area contributed by atoms with Gasteiger partial charge in [-0.2, -0.15) is 0 Å². The zero-order valence-corrected chi connectivity index (χ0v) is 8.59. The molecule has 0 aliphatic heterocycles. The van der Waals surface area contributed by atoms with E-state index in [9.17, 15) is 0 Å². The summed E-state index contributed by atoms with van der Waals surface area (Å²) < 4.78 is 1.55. The van der Waals surface area contributed by atoms with Crippen molar-refractivity contribution in [1.82, 2.24) is 4.90 Å². The Morgan fingerprint density at radius 1 is 1.58 bits per heavy atom. The fraction of sp³-hybridized carbons (Fsp3) is 0.600. The van der Waals surface area contributed by atoms with Gasteiger partial charge >= 0.3 is 84.5 Å². The molecule has 0 heterocycles. The third kappa shape index (κ3) is 2.52. The second kappa shape index (κ2) is 4.32. The van der Waals surface area contributed by atoms with Gasteiger partial charge in [0.05, 0.1) is 0 Å². The zero-order chi connectivity index (χ0) is 9.14. The second-order valence-corrected chi connectivity index (χ2v) is 4.01. The van der Waals surface area contributed by atoms with Crippen LogP contribution in [0, 0.1) is 5.92 Å². The van der Waals surface area contributed by atoms with E-state index in [1.807, 2.05) is 0 Å². The summed E-state index contributed by atoms with van der Waals surface area (Å²) >= 11 is 2.24. The predicted molar refractivity (Wildman–Crippen MR) is 54.3 cm³/mol. The Labute approximate surface area is 84.7 Å². The molecule has 0 saturated carbocycles. The first-order valence-corrected chi connectivity index (χ1v) is 4.62. The van der Waals surface area contributed by atoms with Crippen LogP contribution in [0.2, 0.25) is 0 Å². The first-order chi connectivity index (χ1) is 5.61. The van der Waals surface area contributed by atoms with E-state index in [1.165, 1.54) is 0 Å². The summed E-state index contributed by atoms with van der Waals surface area (Å²) in [5, 5.41) is 0. The molecule has 1 nitrogen and oxygen atoms in total. The third-order valence-electron chi connectivity index (χ3n) is 2.38. The molecule has 0 fully saturated rings. The summed E-state index contributed by atoms with van der Waals surface area (Å²) in [6.07, 6.45) is 5.70. The molecule has 1 atom stereocenters. The molecule has 12 heavy (non-hydrogen) atoms. The minimum absolute atomic E-state index is 0.679. The van der Waals surface area contributed by atoms with Gasteiger partial charge in [-0.15, -0.1) is 0 Å². The van der Waals surface area contributed by atoms with Crippen LogP contribution >= 0.6 is 0 Å². The third-order valence-corrected chi connectivity index (χ3v) is 2.38. The number of rotatable bonds is 3. The number of allylic oxidation sites excluding steroid dienone is 3. The fourth-order valence-electron chi connectivity index (χ4n) is 1.85. The summed E-state index contributed by atoms with van der Waals surface area (Å²) in [5.74, 6) is 0.679. The van der Waals surface area contributed by atoms with Gasteiger partial charge in [0.1, 0.15) is 0 Å². The Hall–Kier alpha value is 0.0374. The van der Waals surface area contributed by atoms with Gasteiger partial charge in [-0.1, -0.05) is 0 Å². The second-order valence-electron chi connectivity index (χ2n) is 4.01. The van der Waals surface area contributed by atoms with Crippen LogP contribution in [0.3, 0.4) is 0 Å². The van der Waals surface area contributed by atoms with Crippen molar-refractivity contribution in [2.45, 2.75) is 13.3 Å². The van der Waals surface area contributed by atoms with Crippen LogP contribution in [-0.4, -0.2) is 43.3 Å². The van der Waals surface area contributed by atoms with Gasteiger partial charge in [-0.3, -0.25) is 0 Å². The van der Waals surface area contributed by atoms with Gasteiger partial charge < -0.3 is 0 Å². The van der Waals surface area contributed by atoms with E-state index in [-0.39, 0.29) is 0 Å². The predicted octanol–water partition coefficient (Wildman–Crippen LogP) is 1.57. The molecular formula is C10H16LiN. The maximum absolute atomic E-state index is 2.30. The van der Waals surface area contributed by atoms with Gasteiger partial charge in [-0.05, 0) is 0 Å². The fourth-order valence-corrected chi connectivity index (χ4v) is 1.85. The average molecular weight is 157 g/mol. The normalized spacial score (nSPS) is 19.5. The van der Waals surface area contributed by atoms with Crippen LogP contribution in [0.4, 0.5) is 0 Å². The topological polar surface area (TPSA) is 3.24 Å². The molecule has 0 radical (unpaired) electrons. The maximum atomic E-state index is 2.30. The van der Waals surface area contributed by atoms with Crippen LogP contribution in [0.1, 0.15) is 13.3 Å². The van der Waals surface area contributed by atoms with Crippen LogP contribution in [0.5, 0.6) is 0 Å². The molecule has 0 saturated heterocycles. The van der Waals surface area contributed by atoms with E-state index in [0.29, 0.717) is 5.92 Å². The molecule has 0 aromatic heterocycles. The van der Waals surface area contributed by atoms with Gasteiger partial charge in [0.2, 0.25) is 0 Å². The van der Waals surface area contributed by atoms with Crippen LogP contribution in [0.25, 0.3) is 0 Å². The van der Waals surface area contributed by atoms with Crippen LogP contribution < -0.4 is 0 Å². The molecule has 0 bridgehead atoms. The van der Waals surface area contributed by atoms with Crippen LogP contribution in [0.15, 0.2) is 22.0 Å². The van der Waals surface area contributed by atoms with Gasteiger partial charge in [-0.25, -0.2) is 0 Å². The molecule has 0 aromatic carbocycles. The van der Waals surface area contributed by atoms with Gasteiger partial charge in [0, 0.05) is 0 Å². The van der Waals surface area contributed by atoms with E-state index in [2.05, 4.69) is 55.8 Å². The average Bonchev–Trinajstić information content (AvgIpc) is 2.33. The van der Waals surface area contributed by atoms with Crippen molar-refractivity contribution in [2.75, 3.05) is 20.6 Å². The molecule has 0 spiro atoms. The van der Waals surface area contributed by atoms with Crippen LogP contribution in [-0.2, 0) is 0 Å². The first-order valence-electron chi connectivity index (χ1n) is 4.62. The standard InChI is InChI=1S/C10H16N.Li/c1-9(8-11(2)3)10-6-4-5-7-10;/h4,6,9H,5,8H2,1-3H3;. The van der Waals surface area contributed by atoms with Gasteiger partial charge in [0.15, 0.2) is 0 Å². The molecule has 1 rings (SSSR count). The molecule has 0 aromatic rings. The van der Waals surface area contributed by atoms with Crippen molar-refractivity contribution in [2.24, 2.45) is 5.92 Å². The number of hydrogen-bond acceptors (Lipinski definition) is 1. The Balaban J connectivity index is 2.57. The first kappa shape index (κ1) is 10.1. The molecular weight excluding hydrogens is 141 g/mol. The van der Waals surface area contributed by atoms with E-state index in [0.717, 1.165) is 13.0 Å². The Morgan fingerprint density at radius 2 is 2.25 bits per heavy atom. The Bertz CT molecular complexity index is 216. The van der Waals surface area contributed by atoms with Gasteiger partial charge in [0.25, 0.3) is 0 Å². The van der Waals surface area contributed by atoms with Crippen molar-refractivity contribution in [3.05, 3.63) is 22.0 Å². The van der Waals surface area contributed by atoms with Crippen molar-refractivity contribution in [1.29, 1.82) is 0 Å². The summed E-state index contributed by atoms with van der Waals surface area (Å²) in [5.41, 5.74) is 1.55. The van der Waals surface area contributed by atoms with Crippen molar-refractivity contribution < 1.29 is 0 Å². The van der Waals surface area contributed by atoms with Crippen molar-refractivity contribution in [3.8, 4) is 0 Å². The van der Waals surface area contributed by atoms with Crippen molar-refractivity contribution in [3.63, 3.8) is 0 Å². The number of hydrogen-bond donors (Lipinski definition) is 0. The molecule has 62 valence electrons. The quantitative estimate of drug-likeness (QED) is 0.562.